The Morgan fingerprint density at radius 2 is 1.81 bits per heavy atom. The molecule has 5 rings (SSSR count). The van der Waals surface area contributed by atoms with Gasteiger partial charge in [-0.1, -0.05) is 18.2 Å². The van der Waals surface area contributed by atoms with Gasteiger partial charge in [-0.05, 0) is 50.5 Å². The predicted octanol–water partition coefficient (Wildman–Crippen LogP) is 5.89. The molecule has 194 valence electrons. The smallest absolute Gasteiger partial charge is 0.251 e. The molecule has 2 N–H and O–H groups in total. The molecule has 2 aliphatic heterocycles. The van der Waals surface area contributed by atoms with E-state index in [0.717, 1.165) is 16.5 Å². The summed E-state index contributed by atoms with van der Waals surface area (Å²) in [6.07, 6.45) is -1.73. The number of fused-ring (bicyclic) bond motifs is 3. The first-order chi connectivity index (χ1) is 17.2. The first-order valence-electron chi connectivity index (χ1n) is 12.4. The van der Waals surface area contributed by atoms with Crippen LogP contribution < -0.4 is 5.32 Å². The van der Waals surface area contributed by atoms with Crippen LogP contribution in [-0.4, -0.2) is 65.6 Å². The number of alkyl halides is 3. The number of aromatic nitrogens is 1. The highest BCUT2D eigenvalue weighted by Gasteiger charge is 2.45. The van der Waals surface area contributed by atoms with Crippen molar-refractivity contribution in [2.75, 3.05) is 38.2 Å². The molecule has 1 saturated heterocycles. The van der Waals surface area contributed by atoms with Gasteiger partial charge in [0.05, 0.1) is 25.3 Å². The van der Waals surface area contributed by atoms with E-state index in [-0.39, 0.29) is 18.3 Å². The molecule has 1 fully saturated rings. The van der Waals surface area contributed by atoms with Crippen molar-refractivity contribution in [3.63, 3.8) is 0 Å². The standard InChI is InChI=1S/C27H31F5N4/c1-27(2)12-19-18-6-3-4-7-22(18)34-25(19)26(36(27)15-23(31)32)24-20(29)10-16(11-21(24)30)33-17-13-35(14-17)9-5-8-28/h3-4,6-7,10-11,17,23,26,33-34H,5,8-9,12-15H2,1-2H3/t26-/m1/s1. The monoisotopic (exact) mass is 506 g/mol. The molecule has 0 spiro atoms. The summed E-state index contributed by atoms with van der Waals surface area (Å²) >= 11 is 0. The number of H-pyrrole nitrogens is 1. The van der Waals surface area contributed by atoms with E-state index in [4.69, 9.17) is 0 Å². The minimum atomic E-state index is -2.66. The minimum Gasteiger partial charge on any atom is -0.380 e. The van der Waals surface area contributed by atoms with Crippen molar-refractivity contribution >= 4 is 16.6 Å². The SMILES string of the molecule is CC1(C)Cc2c([nH]c3ccccc23)[C@@H](c2c(F)cc(NC3CN(CCCF)C3)cc2F)N1CC(F)F. The van der Waals surface area contributed by atoms with E-state index in [0.29, 0.717) is 43.9 Å². The molecule has 0 radical (unpaired) electrons. The average Bonchev–Trinajstić information content (AvgIpc) is 3.13. The molecule has 1 atom stereocenters. The van der Waals surface area contributed by atoms with Crippen molar-refractivity contribution < 1.29 is 22.0 Å². The second-order valence-corrected chi connectivity index (χ2v) is 10.5. The number of nitrogens with one attached hydrogen (secondary N) is 2. The van der Waals surface area contributed by atoms with Crippen LogP contribution in [0.15, 0.2) is 36.4 Å². The lowest BCUT2D eigenvalue weighted by atomic mass is 9.81. The summed E-state index contributed by atoms with van der Waals surface area (Å²) in [4.78, 5) is 6.86. The summed E-state index contributed by atoms with van der Waals surface area (Å²) in [7, 11) is 0. The van der Waals surface area contributed by atoms with Crippen molar-refractivity contribution in [3.8, 4) is 0 Å². The zero-order chi connectivity index (χ0) is 25.6. The number of likely N-dealkylation sites (tertiary alicyclic amines) is 1. The molecule has 0 amide bonds. The van der Waals surface area contributed by atoms with Crippen molar-refractivity contribution in [1.29, 1.82) is 0 Å². The Hall–Kier alpha value is -2.65. The first-order valence-corrected chi connectivity index (χ1v) is 12.4. The quantitative estimate of drug-likeness (QED) is 0.374. The zero-order valence-electron chi connectivity index (χ0n) is 20.4. The van der Waals surface area contributed by atoms with Crippen molar-refractivity contribution in [3.05, 3.63) is 64.9 Å². The van der Waals surface area contributed by atoms with E-state index in [1.807, 2.05) is 38.1 Å². The lowest BCUT2D eigenvalue weighted by Gasteiger charge is -2.47. The van der Waals surface area contributed by atoms with Crippen LogP contribution in [0.4, 0.5) is 27.6 Å². The Morgan fingerprint density at radius 1 is 1.11 bits per heavy atom. The summed E-state index contributed by atoms with van der Waals surface area (Å²) in [5, 5.41) is 4.07. The predicted molar refractivity (Wildman–Crippen MR) is 131 cm³/mol. The van der Waals surface area contributed by atoms with Gasteiger partial charge in [-0.15, -0.1) is 0 Å². The van der Waals surface area contributed by atoms with Gasteiger partial charge in [-0.2, -0.15) is 0 Å². The van der Waals surface area contributed by atoms with Crippen molar-refractivity contribution in [1.82, 2.24) is 14.8 Å². The molecule has 9 heteroatoms. The van der Waals surface area contributed by atoms with E-state index in [2.05, 4.69) is 15.2 Å². The van der Waals surface area contributed by atoms with Crippen molar-refractivity contribution in [2.24, 2.45) is 0 Å². The Kier molecular flexibility index (Phi) is 6.72. The molecule has 0 saturated carbocycles. The van der Waals surface area contributed by atoms with Crippen LogP contribution in [0.3, 0.4) is 0 Å². The van der Waals surface area contributed by atoms with Gasteiger partial charge in [0.1, 0.15) is 11.6 Å². The lowest BCUT2D eigenvalue weighted by Crippen LogP contribution is -2.54. The van der Waals surface area contributed by atoms with Gasteiger partial charge in [0.15, 0.2) is 0 Å². The Morgan fingerprint density at radius 3 is 2.47 bits per heavy atom. The molecular weight excluding hydrogens is 475 g/mol. The first kappa shape index (κ1) is 25.0. The fourth-order valence-corrected chi connectivity index (χ4v) is 5.78. The molecule has 2 aromatic carbocycles. The number of hydrogen-bond acceptors (Lipinski definition) is 3. The number of aromatic amines is 1. The molecule has 1 aromatic heterocycles. The maximum absolute atomic E-state index is 15.7. The number of benzene rings is 2. The van der Waals surface area contributed by atoms with E-state index in [9.17, 15) is 13.2 Å². The normalized spacial score (nSPS) is 20.6. The number of hydrogen-bond donors (Lipinski definition) is 2. The topological polar surface area (TPSA) is 34.3 Å². The minimum absolute atomic E-state index is 0.0125. The Labute approximate surface area is 207 Å². The number of anilines is 1. The van der Waals surface area contributed by atoms with Crippen molar-refractivity contribution in [2.45, 2.75) is 50.7 Å². The van der Waals surface area contributed by atoms with Crippen LogP contribution in [0.5, 0.6) is 0 Å². The highest BCUT2D eigenvalue weighted by Crippen LogP contribution is 2.46. The number of halogens is 5. The number of nitrogens with zero attached hydrogens (tertiary/aromatic N) is 2. The Bertz CT molecular complexity index is 1210. The number of rotatable bonds is 8. The largest absolute Gasteiger partial charge is 0.380 e. The zero-order valence-corrected chi connectivity index (χ0v) is 20.4. The van der Waals surface area contributed by atoms with Gasteiger partial charge in [0.2, 0.25) is 0 Å². The molecule has 2 aliphatic rings. The van der Waals surface area contributed by atoms with Gasteiger partial charge in [-0.3, -0.25) is 14.2 Å². The van der Waals surface area contributed by atoms with Gasteiger partial charge in [-0.25, -0.2) is 17.6 Å². The summed E-state index contributed by atoms with van der Waals surface area (Å²) in [6, 6.07) is 9.05. The van der Waals surface area contributed by atoms with Crippen LogP contribution in [0.1, 0.15) is 43.1 Å². The van der Waals surface area contributed by atoms with Crippen LogP contribution in [0.2, 0.25) is 0 Å². The maximum Gasteiger partial charge on any atom is 0.251 e. The van der Waals surface area contributed by atoms with Crippen LogP contribution in [-0.2, 0) is 6.42 Å². The molecule has 0 bridgehead atoms. The highest BCUT2D eigenvalue weighted by molar-refractivity contribution is 5.85. The summed E-state index contributed by atoms with van der Waals surface area (Å²) in [5.74, 6) is -1.56. The fraction of sp³-hybridized carbons (Fsp3) is 0.481. The maximum atomic E-state index is 15.7. The van der Waals surface area contributed by atoms with E-state index in [1.165, 1.54) is 17.0 Å². The third-order valence-electron chi connectivity index (χ3n) is 7.44. The molecule has 3 aromatic rings. The van der Waals surface area contributed by atoms with Gasteiger partial charge >= 0.3 is 0 Å². The molecule has 0 aliphatic carbocycles. The average molecular weight is 507 g/mol. The number of para-hydroxylation sites is 1. The van der Waals surface area contributed by atoms with E-state index in [1.54, 1.807) is 0 Å². The van der Waals surface area contributed by atoms with E-state index < -0.39 is 36.2 Å². The molecule has 4 nitrogen and oxygen atoms in total. The summed E-state index contributed by atoms with van der Waals surface area (Å²) in [6.45, 7) is 4.69. The Balaban J connectivity index is 1.51. The summed E-state index contributed by atoms with van der Waals surface area (Å²) < 4.78 is 71.1. The lowest BCUT2D eigenvalue weighted by molar-refractivity contribution is 0.00319. The van der Waals surface area contributed by atoms with Gasteiger partial charge < -0.3 is 10.3 Å². The van der Waals surface area contributed by atoms with Gasteiger partial charge in [0, 0.05) is 53.0 Å². The van der Waals surface area contributed by atoms with Crippen LogP contribution in [0, 0.1) is 11.6 Å². The van der Waals surface area contributed by atoms with Gasteiger partial charge in [0.25, 0.3) is 6.43 Å². The molecule has 3 heterocycles. The fourth-order valence-electron chi connectivity index (χ4n) is 5.78. The highest BCUT2D eigenvalue weighted by atomic mass is 19.3. The second-order valence-electron chi connectivity index (χ2n) is 10.5. The summed E-state index contributed by atoms with van der Waals surface area (Å²) in [5.41, 5.74) is 1.57. The van der Waals surface area contributed by atoms with E-state index >= 15 is 8.78 Å². The van der Waals surface area contributed by atoms with Crippen LogP contribution >= 0.6 is 0 Å². The van der Waals surface area contributed by atoms with Crippen LogP contribution in [0.25, 0.3) is 10.9 Å². The third kappa shape index (κ3) is 4.59. The third-order valence-corrected chi connectivity index (χ3v) is 7.44. The second kappa shape index (κ2) is 9.67. The molecule has 0 unspecified atom stereocenters. The molecule has 36 heavy (non-hydrogen) atoms. The molecular formula is C27H31F5N4.